The molecule has 0 atom stereocenters. The lowest BCUT2D eigenvalue weighted by molar-refractivity contribution is -0.192. The Labute approximate surface area is 255 Å². The van der Waals surface area contributed by atoms with Crippen LogP contribution in [0.15, 0.2) is 72.9 Å². The molecule has 1 aliphatic heterocycles. The summed E-state index contributed by atoms with van der Waals surface area (Å²) in [6.45, 7) is -0.0387. The number of carboxylic acids is 1. The molecule has 0 radical (unpaired) electrons. The van der Waals surface area contributed by atoms with Gasteiger partial charge < -0.3 is 25.5 Å². The van der Waals surface area contributed by atoms with Crippen molar-refractivity contribution in [1.29, 1.82) is 0 Å². The van der Waals surface area contributed by atoms with Gasteiger partial charge in [0.1, 0.15) is 0 Å². The van der Waals surface area contributed by atoms with Crippen LogP contribution in [0, 0.1) is 0 Å². The number of alkyl halides is 6. The second kappa shape index (κ2) is 13.5. The lowest BCUT2D eigenvalue weighted by atomic mass is 10.1. The van der Waals surface area contributed by atoms with Crippen molar-refractivity contribution < 1.29 is 55.4 Å². The van der Waals surface area contributed by atoms with Crippen molar-refractivity contribution in [3.05, 3.63) is 95.3 Å². The Morgan fingerprint density at radius 3 is 2.26 bits per heavy atom. The molecule has 10 nitrogen and oxygen atoms in total. The highest BCUT2D eigenvalue weighted by atomic mass is 19.4. The van der Waals surface area contributed by atoms with Crippen LogP contribution in [0.25, 0.3) is 22.5 Å². The van der Waals surface area contributed by atoms with Crippen LogP contribution in [0.1, 0.15) is 32.0 Å². The minimum Gasteiger partial charge on any atom is -0.475 e. The highest BCUT2D eigenvalue weighted by Gasteiger charge is 2.38. The lowest BCUT2D eigenvalue weighted by Crippen LogP contribution is -2.31. The summed E-state index contributed by atoms with van der Waals surface area (Å²) in [4.78, 5) is 53.2. The van der Waals surface area contributed by atoms with Crippen LogP contribution in [-0.2, 0) is 26.9 Å². The van der Waals surface area contributed by atoms with E-state index in [0.29, 0.717) is 29.1 Å². The van der Waals surface area contributed by atoms with Gasteiger partial charge in [0.25, 0.3) is 11.8 Å². The van der Waals surface area contributed by atoms with Crippen LogP contribution in [0.5, 0.6) is 0 Å². The van der Waals surface area contributed by atoms with Gasteiger partial charge in [-0.15, -0.1) is 0 Å². The molecular formula is C30H22F6N4O6. The molecule has 0 aliphatic carbocycles. The molecule has 0 unspecified atom stereocenters. The van der Waals surface area contributed by atoms with Gasteiger partial charge in [0.05, 0.1) is 22.4 Å². The Bertz CT molecular complexity index is 1770. The van der Waals surface area contributed by atoms with E-state index in [-0.39, 0.29) is 11.5 Å². The first-order chi connectivity index (χ1) is 21.6. The first-order valence-electron chi connectivity index (χ1n) is 13.1. The number of hydrogen-bond donors (Lipinski definition) is 4. The van der Waals surface area contributed by atoms with Gasteiger partial charge in [-0.2, -0.15) is 26.3 Å². The number of hydrogen-bond acceptors (Lipinski definition) is 6. The molecule has 4 aromatic rings. The molecule has 3 heterocycles. The molecule has 16 heteroatoms. The van der Waals surface area contributed by atoms with Crippen LogP contribution in [0.2, 0.25) is 0 Å². The first kappa shape index (κ1) is 33.2. The minimum atomic E-state index is -5.08. The highest BCUT2D eigenvalue weighted by molar-refractivity contribution is 5.98. The number of ether oxygens (including phenoxy) is 1. The standard InChI is InChI=1S/C28H21F3N4O4.C2HF3O2/c29-28(30,31)19-6-4-16(5-7-19)27(38)39-15-25(36)34-20-3-1-2-17(12-20)23-13-18(8-10-32-23)24-14-21-22(35-24)9-11-33-26(21)37;3-2(4,5)1(6)7/h1-8,10,12-14,35H,9,11,15H2,(H,33,37)(H,34,36);(H,6,7). The fourth-order valence-corrected chi connectivity index (χ4v) is 4.17. The van der Waals surface area contributed by atoms with Crippen molar-refractivity contribution >= 4 is 29.4 Å². The maximum absolute atomic E-state index is 12.7. The Hall–Kier alpha value is -5.67. The summed E-state index contributed by atoms with van der Waals surface area (Å²) < 4.78 is 74.7. The number of rotatable bonds is 6. The fourth-order valence-electron chi connectivity index (χ4n) is 4.17. The van der Waals surface area contributed by atoms with Crippen molar-refractivity contribution in [3.8, 4) is 22.5 Å². The Morgan fingerprint density at radius 1 is 0.935 bits per heavy atom. The summed E-state index contributed by atoms with van der Waals surface area (Å²) in [5.41, 5.74) is 3.92. The second-order valence-corrected chi connectivity index (χ2v) is 9.59. The average molecular weight is 649 g/mol. The predicted molar refractivity (Wildman–Crippen MR) is 150 cm³/mol. The number of carboxylic acid groups (broad SMARTS) is 1. The van der Waals surface area contributed by atoms with Crippen LogP contribution < -0.4 is 10.6 Å². The molecule has 0 saturated heterocycles. The zero-order chi connectivity index (χ0) is 33.6. The van der Waals surface area contributed by atoms with E-state index in [9.17, 15) is 40.7 Å². The number of halogens is 6. The lowest BCUT2D eigenvalue weighted by Gasteiger charge is -2.11. The molecule has 5 rings (SSSR count). The Kier molecular flexibility index (Phi) is 9.78. The van der Waals surface area contributed by atoms with Crippen LogP contribution >= 0.6 is 0 Å². The molecule has 2 aromatic heterocycles. The zero-order valence-electron chi connectivity index (χ0n) is 23.3. The summed E-state index contributed by atoms with van der Waals surface area (Å²) in [6.07, 6.45) is -7.23. The minimum absolute atomic E-state index is 0.104. The van der Waals surface area contributed by atoms with Gasteiger partial charge in [0, 0.05) is 47.4 Å². The third-order valence-corrected chi connectivity index (χ3v) is 6.34. The summed E-state index contributed by atoms with van der Waals surface area (Å²) in [5, 5.41) is 12.6. The number of aliphatic carboxylic acids is 1. The quantitative estimate of drug-likeness (QED) is 0.160. The third kappa shape index (κ3) is 8.49. The van der Waals surface area contributed by atoms with E-state index in [0.717, 1.165) is 47.6 Å². The Balaban J connectivity index is 0.000000617. The molecule has 4 N–H and O–H groups in total. The number of amides is 2. The monoisotopic (exact) mass is 648 g/mol. The molecule has 1 aliphatic rings. The second-order valence-electron chi connectivity index (χ2n) is 9.59. The van der Waals surface area contributed by atoms with Gasteiger partial charge in [0.2, 0.25) is 0 Å². The van der Waals surface area contributed by atoms with E-state index in [2.05, 4.69) is 20.6 Å². The predicted octanol–water partition coefficient (Wildman–Crippen LogP) is 5.48. The molecule has 0 spiro atoms. The van der Waals surface area contributed by atoms with Gasteiger partial charge in [-0.05, 0) is 54.6 Å². The largest absolute Gasteiger partial charge is 0.490 e. The smallest absolute Gasteiger partial charge is 0.475 e. The number of carbonyl (C=O) groups is 4. The van der Waals surface area contributed by atoms with Crippen molar-refractivity contribution in [2.45, 2.75) is 18.8 Å². The maximum Gasteiger partial charge on any atom is 0.490 e. The summed E-state index contributed by atoms with van der Waals surface area (Å²) in [6, 6.07) is 15.9. The normalized spacial score (nSPS) is 12.6. The molecule has 0 saturated carbocycles. The van der Waals surface area contributed by atoms with Crippen LogP contribution in [0.3, 0.4) is 0 Å². The van der Waals surface area contributed by atoms with E-state index >= 15 is 0 Å². The average Bonchev–Trinajstić information content (AvgIpc) is 3.46. The van der Waals surface area contributed by atoms with Gasteiger partial charge in [-0.25, -0.2) is 9.59 Å². The number of fused-ring (bicyclic) bond motifs is 1. The number of aromatic nitrogens is 2. The summed E-state index contributed by atoms with van der Waals surface area (Å²) >= 11 is 0. The van der Waals surface area contributed by atoms with E-state index in [4.69, 9.17) is 14.6 Å². The number of aromatic amines is 1. The highest BCUT2D eigenvalue weighted by Crippen LogP contribution is 2.30. The van der Waals surface area contributed by atoms with E-state index in [1.54, 1.807) is 24.4 Å². The summed E-state index contributed by atoms with van der Waals surface area (Å²) in [7, 11) is 0. The first-order valence-corrected chi connectivity index (χ1v) is 13.1. The number of benzene rings is 2. The van der Waals surface area contributed by atoms with Gasteiger partial charge in [-0.3, -0.25) is 14.6 Å². The summed E-state index contributed by atoms with van der Waals surface area (Å²) in [5.74, 6) is -4.41. The van der Waals surface area contributed by atoms with Crippen molar-refractivity contribution in [2.24, 2.45) is 0 Å². The van der Waals surface area contributed by atoms with Gasteiger partial charge in [-0.1, -0.05) is 12.1 Å². The number of anilines is 1. The Morgan fingerprint density at radius 2 is 1.63 bits per heavy atom. The van der Waals surface area contributed by atoms with Crippen molar-refractivity contribution in [1.82, 2.24) is 15.3 Å². The maximum atomic E-state index is 12.7. The van der Waals surface area contributed by atoms with Gasteiger partial charge >= 0.3 is 24.3 Å². The number of nitrogens with zero attached hydrogens (tertiary/aromatic N) is 1. The molecule has 2 amide bonds. The fraction of sp³-hybridized carbons (Fsp3) is 0.167. The topological polar surface area (TPSA) is 150 Å². The van der Waals surface area contributed by atoms with Gasteiger partial charge in [0.15, 0.2) is 6.61 Å². The van der Waals surface area contributed by atoms with Crippen molar-refractivity contribution in [3.63, 3.8) is 0 Å². The molecule has 2 aromatic carbocycles. The van der Waals surface area contributed by atoms with Crippen molar-refractivity contribution in [2.75, 3.05) is 18.5 Å². The van der Waals surface area contributed by atoms with E-state index in [1.165, 1.54) is 0 Å². The molecule has 0 fully saturated rings. The number of pyridine rings is 1. The van der Waals surface area contributed by atoms with E-state index in [1.807, 2.05) is 24.3 Å². The molecule has 240 valence electrons. The SMILES string of the molecule is O=C(COC(=O)c1ccc(C(F)(F)F)cc1)Nc1cccc(-c2cc(-c3cc4c([nH]3)CCNC4=O)ccn2)c1.O=C(O)C(F)(F)F. The zero-order valence-corrected chi connectivity index (χ0v) is 23.3. The van der Waals surface area contributed by atoms with Crippen LogP contribution in [-0.4, -0.2) is 58.2 Å². The molecule has 0 bridgehead atoms. The number of esters is 1. The number of nitrogens with one attached hydrogen (secondary N) is 3. The number of H-pyrrole nitrogens is 1. The third-order valence-electron chi connectivity index (χ3n) is 6.34. The van der Waals surface area contributed by atoms with Crippen LogP contribution in [0.4, 0.5) is 32.0 Å². The molecular weight excluding hydrogens is 626 g/mol. The van der Waals surface area contributed by atoms with E-state index < -0.39 is 42.4 Å². The molecule has 46 heavy (non-hydrogen) atoms. The number of carbonyl (C=O) groups excluding carboxylic acids is 3.